The molecule has 98 valence electrons. The van der Waals surface area contributed by atoms with Crippen LogP contribution in [0.15, 0.2) is 16.8 Å². The fourth-order valence-electron chi connectivity index (χ4n) is 3.54. The Bertz CT molecular complexity index is 401. The molecule has 2 nitrogen and oxygen atoms in total. The zero-order chi connectivity index (χ0) is 12.4. The summed E-state index contributed by atoms with van der Waals surface area (Å²) in [7, 11) is 0. The van der Waals surface area contributed by atoms with Gasteiger partial charge in [0.25, 0.3) is 0 Å². The van der Waals surface area contributed by atoms with E-state index in [1.54, 1.807) is 11.3 Å². The highest BCUT2D eigenvalue weighted by Crippen LogP contribution is 2.33. The van der Waals surface area contributed by atoms with Crippen LogP contribution in [0, 0.1) is 5.92 Å². The van der Waals surface area contributed by atoms with E-state index in [9.17, 15) is 4.79 Å². The van der Waals surface area contributed by atoms with Crippen molar-refractivity contribution in [2.75, 3.05) is 13.1 Å². The van der Waals surface area contributed by atoms with E-state index in [1.807, 2.05) is 0 Å². The molecule has 0 N–H and O–H groups in total. The van der Waals surface area contributed by atoms with Crippen LogP contribution in [0.5, 0.6) is 0 Å². The first-order valence-electron chi connectivity index (χ1n) is 7.12. The molecule has 0 bridgehead atoms. The monoisotopic (exact) mass is 263 g/mol. The second-order valence-corrected chi connectivity index (χ2v) is 6.37. The number of hydrogen-bond donors (Lipinski definition) is 0. The molecule has 1 saturated carbocycles. The van der Waals surface area contributed by atoms with Crippen molar-refractivity contribution >= 4 is 17.1 Å². The summed E-state index contributed by atoms with van der Waals surface area (Å²) in [4.78, 5) is 14.5. The van der Waals surface area contributed by atoms with Crippen LogP contribution in [0.4, 0.5) is 0 Å². The zero-order valence-electron chi connectivity index (χ0n) is 10.8. The van der Waals surface area contributed by atoms with Crippen molar-refractivity contribution in [3.05, 3.63) is 22.4 Å². The minimum Gasteiger partial charge on any atom is -0.299 e. The van der Waals surface area contributed by atoms with Gasteiger partial charge in [-0.25, -0.2) is 0 Å². The minimum absolute atomic E-state index is 0.356. The summed E-state index contributed by atoms with van der Waals surface area (Å²) in [6.45, 7) is 2.32. The predicted molar refractivity (Wildman–Crippen MR) is 75.0 cm³/mol. The minimum atomic E-state index is 0.356. The van der Waals surface area contributed by atoms with E-state index in [0.717, 1.165) is 32.2 Å². The lowest BCUT2D eigenvalue weighted by molar-refractivity contribution is -0.122. The molecule has 3 rings (SSSR count). The third-order valence-electron chi connectivity index (χ3n) is 4.50. The second-order valence-electron chi connectivity index (χ2n) is 5.59. The Hall–Kier alpha value is -0.670. The summed E-state index contributed by atoms with van der Waals surface area (Å²) in [6.07, 6.45) is 6.75. The smallest absolute Gasteiger partial charge is 0.137 e. The van der Waals surface area contributed by atoms with Crippen LogP contribution < -0.4 is 0 Å². The summed E-state index contributed by atoms with van der Waals surface area (Å²) in [5.41, 5.74) is 1.45. The fraction of sp³-hybridized carbons (Fsp3) is 0.667. The fourth-order valence-corrected chi connectivity index (χ4v) is 4.25. The van der Waals surface area contributed by atoms with Gasteiger partial charge in [0.15, 0.2) is 0 Å². The quantitative estimate of drug-likeness (QED) is 0.832. The van der Waals surface area contributed by atoms with Crippen LogP contribution in [0.25, 0.3) is 0 Å². The van der Waals surface area contributed by atoms with Crippen LogP contribution in [0.1, 0.15) is 37.7 Å². The van der Waals surface area contributed by atoms with E-state index in [4.69, 9.17) is 0 Å². The first-order valence-corrected chi connectivity index (χ1v) is 8.07. The maximum Gasteiger partial charge on any atom is 0.137 e. The molecule has 2 heterocycles. The van der Waals surface area contributed by atoms with Gasteiger partial charge in [0.05, 0.1) is 0 Å². The molecule has 2 aliphatic rings. The number of ketones is 1. The normalized spacial score (nSPS) is 29.2. The van der Waals surface area contributed by atoms with Crippen LogP contribution in [0.3, 0.4) is 0 Å². The molecule has 1 aromatic heterocycles. The highest BCUT2D eigenvalue weighted by atomic mass is 32.1. The molecule has 1 aliphatic heterocycles. The van der Waals surface area contributed by atoms with E-state index in [-0.39, 0.29) is 0 Å². The third-order valence-corrected chi connectivity index (χ3v) is 5.23. The maximum absolute atomic E-state index is 11.9. The largest absolute Gasteiger partial charge is 0.299 e. The molecule has 1 aliphatic carbocycles. The predicted octanol–water partition coefficient (Wildman–Crippen LogP) is 3.12. The van der Waals surface area contributed by atoms with Gasteiger partial charge in [0.2, 0.25) is 0 Å². The molecule has 1 saturated heterocycles. The molecule has 2 unspecified atom stereocenters. The molecule has 0 spiro atoms. The molecule has 0 radical (unpaired) electrons. The molecule has 1 aromatic rings. The lowest BCUT2D eigenvalue weighted by atomic mass is 9.95. The van der Waals surface area contributed by atoms with E-state index in [2.05, 4.69) is 21.7 Å². The summed E-state index contributed by atoms with van der Waals surface area (Å²) in [6, 6.07) is 2.77. The SMILES string of the molecule is O=C1CCCC1C1CCCN1CCc1ccsc1. The summed E-state index contributed by atoms with van der Waals surface area (Å²) >= 11 is 1.78. The molecular weight excluding hydrogens is 242 g/mol. The molecule has 3 heteroatoms. The molecule has 2 fully saturated rings. The average molecular weight is 263 g/mol. The Balaban J connectivity index is 1.59. The van der Waals surface area contributed by atoms with Crippen molar-refractivity contribution in [2.45, 2.75) is 44.6 Å². The molecule has 2 atom stereocenters. The third kappa shape index (κ3) is 2.52. The topological polar surface area (TPSA) is 20.3 Å². The Kier molecular flexibility index (Phi) is 3.80. The van der Waals surface area contributed by atoms with Crippen LogP contribution in [-0.4, -0.2) is 29.8 Å². The van der Waals surface area contributed by atoms with Crippen molar-refractivity contribution in [3.8, 4) is 0 Å². The van der Waals surface area contributed by atoms with Crippen LogP contribution >= 0.6 is 11.3 Å². The van der Waals surface area contributed by atoms with Crippen LogP contribution in [-0.2, 0) is 11.2 Å². The number of carbonyl (C=O) groups is 1. The highest BCUT2D eigenvalue weighted by molar-refractivity contribution is 7.07. The van der Waals surface area contributed by atoms with E-state index < -0.39 is 0 Å². The van der Waals surface area contributed by atoms with Gasteiger partial charge in [0.1, 0.15) is 5.78 Å². The summed E-state index contributed by atoms with van der Waals surface area (Å²) < 4.78 is 0. The Morgan fingerprint density at radius 1 is 1.33 bits per heavy atom. The number of rotatable bonds is 4. The van der Waals surface area contributed by atoms with E-state index >= 15 is 0 Å². The molecule has 0 amide bonds. The van der Waals surface area contributed by atoms with Gasteiger partial charge >= 0.3 is 0 Å². The number of Topliss-reactive ketones (excluding diaryl/α,β-unsaturated/α-hetero) is 1. The molecule has 18 heavy (non-hydrogen) atoms. The second kappa shape index (κ2) is 5.54. The number of carbonyl (C=O) groups excluding carboxylic acids is 1. The van der Waals surface area contributed by atoms with Crippen molar-refractivity contribution in [1.82, 2.24) is 4.90 Å². The standard InChI is InChI=1S/C15H21NOS/c17-15-5-1-3-13(15)14-4-2-8-16(14)9-6-12-7-10-18-11-12/h7,10-11,13-14H,1-6,8-9H2. The molecule has 0 aromatic carbocycles. The van der Waals surface area contributed by atoms with Gasteiger partial charge < -0.3 is 0 Å². The number of thiophene rings is 1. The van der Waals surface area contributed by atoms with Gasteiger partial charge in [-0.2, -0.15) is 11.3 Å². The first-order chi connectivity index (χ1) is 8.84. The number of hydrogen-bond acceptors (Lipinski definition) is 3. The molecular formula is C15H21NOS. The lowest BCUT2D eigenvalue weighted by Gasteiger charge is -2.28. The average Bonchev–Trinajstić information content (AvgIpc) is 3.06. The van der Waals surface area contributed by atoms with E-state index in [1.165, 1.54) is 24.9 Å². The van der Waals surface area contributed by atoms with Crippen molar-refractivity contribution in [3.63, 3.8) is 0 Å². The first kappa shape index (κ1) is 12.4. The van der Waals surface area contributed by atoms with Crippen molar-refractivity contribution in [1.29, 1.82) is 0 Å². The lowest BCUT2D eigenvalue weighted by Crippen LogP contribution is -2.38. The Morgan fingerprint density at radius 2 is 2.28 bits per heavy atom. The number of likely N-dealkylation sites (tertiary alicyclic amines) is 1. The Morgan fingerprint density at radius 3 is 3.00 bits per heavy atom. The van der Waals surface area contributed by atoms with Gasteiger partial charge in [-0.3, -0.25) is 9.69 Å². The van der Waals surface area contributed by atoms with Gasteiger partial charge in [-0.15, -0.1) is 0 Å². The van der Waals surface area contributed by atoms with Gasteiger partial charge in [0, 0.05) is 24.9 Å². The van der Waals surface area contributed by atoms with Gasteiger partial charge in [-0.05, 0) is 61.0 Å². The van der Waals surface area contributed by atoms with Gasteiger partial charge in [-0.1, -0.05) is 0 Å². The van der Waals surface area contributed by atoms with E-state index in [0.29, 0.717) is 17.7 Å². The number of nitrogens with zero attached hydrogens (tertiary/aromatic N) is 1. The Labute approximate surface area is 113 Å². The highest BCUT2D eigenvalue weighted by Gasteiger charge is 2.37. The zero-order valence-corrected chi connectivity index (χ0v) is 11.6. The summed E-state index contributed by atoms with van der Waals surface area (Å²) in [5, 5.41) is 4.39. The van der Waals surface area contributed by atoms with Crippen molar-refractivity contribution in [2.24, 2.45) is 5.92 Å². The maximum atomic E-state index is 11.9. The summed E-state index contributed by atoms with van der Waals surface area (Å²) in [5.74, 6) is 0.886. The van der Waals surface area contributed by atoms with Crippen molar-refractivity contribution < 1.29 is 4.79 Å². The van der Waals surface area contributed by atoms with Crippen LogP contribution in [0.2, 0.25) is 0 Å².